The summed E-state index contributed by atoms with van der Waals surface area (Å²) < 4.78 is 5.91. The van der Waals surface area contributed by atoms with Crippen molar-refractivity contribution in [2.75, 3.05) is 26.2 Å². The number of piperidine rings is 1. The van der Waals surface area contributed by atoms with E-state index in [1.807, 2.05) is 18.2 Å². The molecule has 0 aliphatic carbocycles. The van der Waals surface area contributed by atoms with Crippen LogP contribution in [0.4, 0.5) is 0 Å². The maximum atomic E-state index is 10.6. The smallest absolute Gasteiger partial charge is 0.165 e. The maximum Gasteiger partial charge on any atom is 0.165 e. The van der Waals surface area contributed by atoms with Gasteiger partial charge in [-0.2, -0.15) is 0 Å². The molecule has 0 unspecified atom stereocenters. The molecule has 0 aromatic heterocycles. The van der Waals surface area contributed by atoms with Crippen molar-refractivity contribution < 1.29 is 9.84 Å². The Labute approximate surface area is 149 Å². The first-order chi connectivity index (χ1) is 12.2. The molecule has 2 aliphatic rings. The summed E-state index contributed by atoms with van der Waals surface area (Å²) in [4.78, 5) is 2.52. The molecule has 4 rings (SSSR count). The van der Waals surface area contributed by atoms with Crippen LogP contribution in [0.2, 0.25) is 0 Å². The molecule has 2 aliphatic heterocycles. The normalized spacial score (nSPS) is 19.1. The van der Waals surface area contributed by atoms with Crippen LogP contribution < -0.4 is 10.1 Å². The number of aromatic hydroxyl groups is 1. The van der Waals surface area contributed by atoms with E-state index < -0.39 is 0 Å². The van der Waals surface area contributed by atoms with Gasteiger partial charge in [0.1, 0.15) is 6.61 Å². The monoisotopic (exact) mass is 338 g/mol. The average molecular weight is 338 g/mol. The fraction of sp³-hybridized carbons (Fsp3) is 0.429. The van der Waals surface area contributed by atoms with E-state index in [9.17, 15) is 5.11 Å². The molecule has 1 fully saturated rings. The number of hydrogen-bond donors (Lipinski definition) is 2. The van der Waals surface area contributed by atoms with E-state index in [1.165, 1.54) is 24.0 Å². The van der Waals surface area contributed by atoms with Gasteiger partial charge in [-0.15, -0.1) is 0 Å². The van der Waals surface area contributed by atoms with Gasteiger partial charge >= 0.3 is 0 Å². The predicted molar refractivity (Wildman–Crippen MR) is 100 cm³/mol. The van der Waals surface area contributed by atoms with Gasteiger partial charge in [-0.05, 0) is 61.7 Å². The van der Waals surface area contributed by atoms with Crippen molar-refractivity contribution in [2.45, 2.75) is 32.4 Å². The number of fused-ring (bicyclic) bond motifs is 1. The highest BCUT2D eigenvalue weighted by atomic mass is 16.5. The molecule has 2 aromatic rings. The molecule has 0 bridgehead atoms. The minimum Gasteiger partial charge on any atom is -0.504 e. The van der Waals surface area contributed by atoms with Crippen LogP contribution in [-0.2, 0) is 6.54 Å². The van der Waals surface area contributed by atoms with Crippen LogP contribution in [-0.4, -0.2) is 42.3 Å². The van der Waals surface area contributed by atoms with Crippen molar-refractivity contribution in [3.8, 4) is 22.6 Å². The first kappa shape index (κ1) is 16.4. The third-order valence-electron chi connectivity index (χ3n) is 5.43. The number of ether oxygens (including phenoxy) is 1. The summed E-state index contributed by atoms with van der Waals surface area (Å²) in [5.41, 5.74) is 4.53. The number of phenolic OH excluding ortho intramolecular Hbond substituents is 1. The van der Waals surface area contributed by atoms with E-state index in [0.717, 1.165) is 37.3 Å². The van der Waals surface area contributed by atoms with Gasteiger partial charge in [0.25, 0.3) is 0 Å². The van der Waals surface area contributed by atoms with E-state index in [0.29, 0.717) is 18.4 Å². The molecule has 4 heteroatoms. The first-order valence-electron chi connectivity index (χ1n) is 9.22. The van der Waals surface area contributed by atoms with Crippen molar-refractivity contribution in [2.24, 2.45) is 0 Å². The summed E-state index contributed by atoms with van der Waals surface area (Å²) in [6, 6.07) is 12.9. The third kappa shape index (κ3) is 3.37. The van der Waals surface area contributed by atoms with Crippen molar-refractivity contribution in [3.63, 3.8) is 0 Å². The zero-order valence-corrected chi connectivity index (χ0v) is 14.8. The first-order valence-corrected chi connectivity index (χ1v) is 9.22. The Morgan fingerprint density at radius 3 is 2.76 bits per heavy atom. The molecule has 0 radical (unpaired) electrons. The van der Waals surface area contributed by atoms with Crippen molar-refractivity contribution in [1.82, 2.24) is 10.2 Å². The Bertz CT molecular complexity index is 754. The zero-order valence-electron chi connectivity index (χ0n) is 14.8. The topological polar surface area (TPSA) is 44.7 Å². The van der Waals surface area contributed by atoms with Crippen LogP contribution in [0, 0.1) is 6.92 Å². The van der Waals surface area contributed by atoms with Crippen molar-refractivity contribution in [1.29, 1.82) is 0 Å². The summed E-state index contributed by atoms with van der Waals surface area (Å²) in [6.07, 6.45) is 2.36. The quantitative estimate of drug-likeness (QED) is 0.882. The molecule has 0 saturated carbocycles. The molecule has 0 amide bonds. The lowest BCUT2D eigenvalue weighted by molar-refractivity contribution is 0.141. The Morgan fingerprint density at radius 2 is 1.96 bits per heavy atom. The SMILES string of the molecule is Cc1ccccc1-c1cc(O)c2c(c1)CN(C1CCNCC1)CCO2. The second-order valence-electron chi connectivity index (χ2n) is 7.10. The van der Waals surface area contributed by atoms with E-state index in [2.05, 4.69) is 35.3 Å². The number of aryl methyl sites for hydroxylation is 1. The van der Waals surface area contributed by atoms with Crippen LogP contribution in [0.15, 0.2) is 36.4 Å². The number of phenols is 1. The molecular weight excluding hydrogens is 312 g/mol. The Hall–Kier alpha value is -2.04. The van der Waals surface area contributed by atoms with Gasteiger partial charge in [0, 0.05) is 24.7 Å². The molecule has 2 heterocycles. The molecule has 2 aromatic carbocycles. The Morgan fingerprint density at radius 1 is 1.16 bits per heavy atom. The van der Waals surface area contributed by atoms with Gasteiger partial charge in [0.05, 0.1) is 0 Å². The third-order valence-corrected chi connectivity index (χ3v) is 5.43. The molecule has 0 atom stereocenters. The number of nitrogens with zero attached hydrogens (tertiary/aromatic N) is 1. The molecule has 25 heavy (non-hydrogen) atoms. The van der Waals surface area contributed by atoms with E-state index in [4.69, 9.17) is 4.74 Å². The van der Waals surface area contributed by atoms with Crippen LogP contribution >= 0.6 is 0 Å². The standard InChI is InChI=1S/C21H26N2O2/c1-15-4-2-3-5-19(15)16-12-17-14-23(18-6-8-22-9-7-18)10-11-25-21(17)20(24)13-16/h2-5,12-13,18,22,24H,6-11,14H2,1H3. The van der Waals surface area contributed by atoms with Crippen molar-refractivity contribution >= 4 is 0 Å². The zero-order chi connectivity index (χ0) is 17.2. The summed E-state index contributed by atoms with van der Waals surface area (Å²) in [5, 5.41) is 14.0. The average Bonchev–Trinajstić information content (AvgIpc) is 2.86. The Balaban J connectivity index is 1.68. The van der Waals surface area contributed by atoms with Gasteiger partial charge in [-0.25, -0.2) is 0 Å². The highest BCUT2D eigenvalue weighted by Gasteiger charge is 2.26. The van der Waals surface area contributed by atoms with E-state index in [1.54, 1.807) is 0 Å². The molecular formula is C21H26N2O2. The van der Waals surface area contributed by atoms with Crippen LogP contribution in [0.3, 0.4) is 0 Å². The van der Waals surface area contributed by atoms with Crippen LogP contribution in [0.25, 0.3) is 11.1 Å². The van der Waals surface area contributed by atoms with Gasteiger partial charge in [0.15, 0.2) is 11.5 Å². The second kappa shape index (κ2) is 7.06. The second-order valence-corrected chi connectivity index (χ2v) is 7.10. The van der Waals surface area contributed by atoms with Crippen LogP contribution in [0.1, 0.15) is 24.0 Å². The lowest BCUT2D eigenvalue weighted by atomic mass is 9.97. The molecule has 132 valence electrons. The lowest BCUT2D eigenvalue weighted by Crippen LogP contribution is -2.43. The minimum atomic E-state index is 0.253. The molecule has 4 nitrogen and oxygen atoms in total. The van der Waals surface area contributed by atoms with Gasteiger partial charge < -0.3 is 15.2 Å². The summed E-state index contributed by atoms with van der Waals surface area (Å²) >= 11 is 0. The fourth-order valence-corrected chi connectivity index (χ4v) is 4.05. The molecule has 1 saturated heterocycles. The van der Waals surface area contributed by atoms with E-state index in [-0.39, 0.29) is 5.75 Å². The minimum absolute atomic E-state index is 0.253. The van der Waals surface area contributed by atoms with Gasteiger partial charge in [-0.1, -0.05) is 24.3 Å². The van der Waals surface area contributed by atoms with E-state index >= 15 is 0 Å². The van der Waals surface area contributed by atoms with Crippen molar-refractivity contribution in [3.05, 3.63) is 47.5 Å². The van der Waals surface area contributed by atoms with Gasteiger partial charge in [-0.3, -0.25) is 4.90 Å². The summed E-state index contributed by atoms with van der Waals surface area (Å²) in [6.45, 7) is 6.67. The van der Waals surface area contributed by atoms with Crippen LogP contribution in [0.5, 0.6) is 11.5 Å². The Kier molecular flexibility index (Phi) is 4.64. The maximum absolute atomic E-state index is 10.6. The fourth-order valence-electron chi connectivity index (χ4n) is 4.05. The lowest BCUT2D eigenvalue weighted by Gasteiger charge is -2.33. The number of hydrogen-bond acceptors (Lipinski definition) is 4. The number of nitrogens with one attached hydrogen (secondary N) is 1. The van der Waals surface area contributed by atoms with Gasteiger partial charge in [0.2, 0.25) is 0 Å². The predicted octanol–water partition coefficient (Wildman–Crippen LogP) is 3.31. The summed E-state index contributed by atoms with van der Waals surface area (Å²) in [7, 11) is 0. The largest absolute Gasteiger partial charge is 0.504 e. The number of benzene rings is 2. The molecule has 2 N–H and O–H groups in total. The number of rotatable bonds is 2. The molecule has 0 spiro atoms. The highest BCUT2D eigenvalue weighted by molar-refractivity contribution is 5.71. The summed E-state index contributed by atoms with van der Waals surface area (Å²) in [5.74, 6) is 0.914. The highest BCUT2D eigenvalue weighted by Crippen LogP contribution is 2.38.